The second-order valence-corrected chi connectivity index (χ2v) is 4.67. The number of aromatic nitrogens is 1. The Hall–Kier alpha value is -0.770. The second-order valence-electron chi connectivity index (χ2n) is 3.75. The van der Waals surface area contributed by atoms with Crippen molar-refractivity contribution < 1.29 is 4.74 Å². The molecule has 14 heavy (non-hydrogen) atoms. The standard InChI is InChI=1S/C10H11BrN2O/c11-7-5-9-10(12-6-7)14-4-3-13(9)8-1-2-8/h5-6,8H,1-4H2. The highest BCUT2D eigenvalue weighted by Gasteiger charge is 2.33. The van der Waals surface area contributed by atoms with E-state index in [2.05, 4.69) is 31.9 Å². The monoisotopic (exact) mass is 254 g/mol. The molecule has 1 fully saturated rings. The van der Waals surface area contributed by atoms with Crippen LogP contribution in [0.15, 0.2) is 16.7 Å². The molecule has 0 unspecified atom stereocenters. The molecule has 1 saturated carbocycles. The highest BCUT2D eigenvalue weighted by Crippen LogP contribution is 2.38. The second kappa shape index (κ2) is 3.12. The first-order chi connectivity index (χ1) is 6.84. The van der Waals surface area contributed by atoms with Crippen LogP contribution >= 0.6 is 15.9 Å². The van der Waals surface area contributed by atoms with Crippen molar-refractivity contribution in [2.75, 3.05) is 18.1 Å². The Bertz CT molecular complexity index is 365. The summed E-state index contributed by atoms with van der Waals surface area (Å²) in [6.45, 7) is 1.76. The molecule has 0 N–H and O–H groups in total. The zero-order chi connectivity index (χ0) is 9.54. The van der Waals surface area contributed by atoms with Crippen LogP contribution in [-0.4, -0.2) is 24.2 Å². The zero-order valence-electron chi connectivity index (χ0n) is 7.74. The number of hydrogen-bond acceptors (Lipinski definition) is 3. The van der Waals surface area contributed by atoms with Gasteiger partial charge in [0.25, 0.3) is 0 Å². The van der Waals surface area contributed by atoms with Crippen molar-refractivity contribution in [3.05, 3.63) is 16.7 Å². The molecule has 4 heteroatoms. The van der Waals surface area contributed by atoms with Crippen LogP contribution in [0.25, 0.3) is 0 Å². The van der Waals surface area contributed by atoms with Gasteiger partial charge >= 0.3 is 0 Å². The maximum atomic E-state index is 5.51. The topological polar surface area (TPSA) is 25.4 Å². The lowest BCUT2D eigenvalue weighted by Gasteiger charge is -2.30. The summed E-state index contributed by atoms with van der Waals surface area (Å²) in [4.78, 5) is 6.68. The molecule has 0 atom stereocenters. The zero-order valence-corrected chi connectivity index (χ0v) is 9.33. The number of nitrogens with zero attached hydrogens (tertiary/aromatic N) is 2. The number of halogens is 1. The molecule has 2 aliphatic rings. The lowest BCUT2D eigenvalue weighted by molar-refractivity contribution is 0.294. The summed E-state index contributed by atoms with van der Waals surface area (Å²) in [5.74, 6) is 0.784. The van der Waals surface area contributed by atoms with Crippen molar-refractivity contribution in [2.24, 2.45) is 0 Å². The number of pyridine rings is 1. The van der Waals surface area contributed by atoms with Gasteiger partial charge < -0.3 is 9.64 Å². The van der Waals surface area contributed by atoms with Gasteiger partial charge in [0.2, 0.25) is 5.88 Å². The van der Waals surface area contributed by atoms with Crippen molar-refractivity contribution in [1.29, 1.82) is 0 Å². The number of hydrogen-bond donors (Lipinski definition) is 0. The molecule has 2 heterocycles. The normalized spacial score (nSPS) is 20.2. The fraction of sp³-hybridized carbons (Fsp3) is 0.500. The lowest BCUT2D eigenvalue weighted by atomic mass is 10.3. The van der Waals surface area contributed by atoms with Crippen molar-refractivity contribution in [3.8, 4) is 5.88 Å². The van der Waals surface area contributed by atoms with Gasteiger partial charge in [-0.1, -0.05) is 0 Å². The molecule has 0 aromatic carbocycles. The number of rotatable bonds is 1. The van der Waals surface area contributed by atoms with Gasteiger partial charge in [0.15, 0.2) is 0 Å². The van der Waals surface area contributed by atoms with Crippen LogP contribution in [0, 0.1) is 0 Å². The minimum atomic E-state index is 0.730. The fourth-order valence-corrected chi connectivity index (χ4v) is 2.18. The van der Waals surface area contributed by atoms with Gasteiger partial charge in [0.05, 0.1) is 6.54 Å². The summed E-state index contributed by atoms with van der Waals surface area (Å²) >= 11 is 3.44. The molecule has 0 amide bonds. The smallest absolute Gasteiger partial charge is 0.237 e. The number of anilines is 1. The molecule has 0 bridgehead atoms. The fourth-order valence-electron chi connectivity index (χ4n) is 1.86. The maximum absolute atomic E-state index is 5.51. The summed E-state index contributed by atoms with van der Waals surface area (Å²) < 4.78 is 6.53. The van der Waals surface area contributed by atoms with Crippen molar-refractivity contribution in [1.82, 2.24) is 4.98 Å². The maximum Gasteiger partial charge on any atom is 0.237 e. The summed E-state index contributed by atoms with van der Waals surface area (Å²) in [5.41, 5.74) is 1.15. The number of ether oxygens (including phenoxy) is 1. The molecule has 1 aliphatic heterocycles. The number of fused-ring (bicyclic) bond motifs is 1. The minimum Gasteiger partial charge on any atom is -0.474 e. The first kappa shape index (κ1) is 8.53. The van der Waals surface area contributed by atoms with Crippen LogP contribution in [0.5, 0.6) is 5.88 Å². The highest BCUT2D eigenvalue weighted by atomic mass is 79.9. The molecule has 3 nitrogen and oxygen atoms in total. The Labute approximate surface area is 91.2 Å². The van der Waals surface area contributed by atoms with E-state index in [0.717, 1.165) is 35.2 Å². The molecule has 0 saturated heterocycles. The molecule has 74 valence electrons. The predicted molar refractivity (Wildman–Crippen MR) is 57.8 cm³/mol. The van der Waals surface area contributed by atoms with Crippen LogP contribution in [0.3, 0.4) is 0 Å². The molecular formula is C10H11BrN2O. The molecule has 1 aromatic rings. The third kappa shape index (κ3) is 1.38. The Morgan fingerprint density at radius 2 is 2.36 bits per heavy atom. The van der Waals surface area contributed by atoms with Gasteiger partial charge in [-0.05, 0) is 34.8 Å². The summed E-state index contributed by atoms with van der Waals surface area (Å²) in [6, 6.07) is 2.83. The van der Waals surface area contributed by atoms with Crippen LogP contribution in [-0.2, 0) is 0 Å². The Kier molecular flexibility index (Phi) is 1.90. The van der Waals surface area contributed by atoms with E-state index >= 15 is 0 Å². The average molecular weight is 255 g/mol. The van der Waals surface area contributed by atoms with Gasteiger partial charge in [-0.2, -0.15) is 0 Å². The van der Waals surface area contributed by atoms with Crippen molar-refractivity contribution in [3.63, 3.8) is 0 Å². The van der Waals surface area contributed by atoms with E-state index in [9.17, 15) is 0 Å². The lowest BCUT2D eigenvalue weighted by Crippen LogP contribution is -2.34. The van der Waals surface area contributed by atoms with E-state index in [1.807, 2.05) is 0 Å². The van der Waals surface area contributed by atoms with Crippen molar-refractivity contribution in [2.45, 2.75) is 18.9 Å². The minimum absolute atomic E-state index is 0.730. The van der Waals surface area contributed by atoms with Crippen molar-refractivity contribution >= 4 is 21.6 Å². The van der Waals surface area contributed by atoms with Crippen LogP contribution in [0.1, 0.15) is 12.8 Å². The van der Waals surface area contributed by atoms with Crippen LogP contribution in [0.4, 0.5) is 5.69 Å². The van der Waals surface area contributed by atoms with Crippen LogP contribution in [0.2, 0.25) is 0 Å². The molecule has 0 spiro atoms. The highest BCUT2D eigenvalue weighted by molar-refractivity contribution is 9.10. The summed E-state index contributed by atoms with van der Waals surface area (Å²) in [5, 5.41) is 0. The van der Waals surface area contributed by atoms with Gasteiger partial charge in [-0.25, -0.2) is 4.98 Å². The van der Waals surface area contributed by atoms with Crippen LogP contribution < -0.4 is 9.64 Å². The van der Waals surface area contributed by atoms with Gasteiger partial charge in [0, 0.05) is 16.7 Å². The predicted octanol–water partition coefficient (Wildman–Crippen LogP) is 2.21. The molecule has 0 radical (unpaired) electrons. The molecular weight excluding hydrogens is 244 g/mol. The first-order valence-corrected chi connectivity index (χ1v) is 5.69. The Morgan fingerprint density at radius 1 is 1.50 bits per heavy atom. The van der Waals surface area contributed by atoms with E-state index in [1.54, 1.807) is 6.20 Å². The summed E-state index contributed by atoms with van der Waals surface area (Å²) in [7, 11) is 0. The Morgan fingerprint density at radius 3 is 3.14 bits per heavy atom. The average Bonchev–Trinajstić information content (AvgIpc) is 3.00. The van der Waals surface area contributed by atoms with E-state index in [0.29, 0.717) is 0 Å². The van der Waals surface area contributed by atoms with E-state index in [1.165, 1.54) is 12.8 Å². The third-order valence-electron chi connectivity index (χ3n) is 2.67. The largest absolute Gasteiger partial charge is 0.474 e. The van der Waals surface area contributed by atoms with Gasteiger partial charge in [-0.3, -0.25) is 0 Å². The van der Waals surface area contributed by atoms with Gasteiger partial charge in [0.1, 0.15) is 12.3 Å². The van der Waals surface area contributed by atoms with E-state index in [4.69, 9.17) is 4.74 Å². The first-order valence-electron chi connectivity index (χ1n) is 4.89. The molecule has 3 rings (SSSR count). The third-order valence-corrected chi connectivity index (χ3v) is 3.10. The van der Waals surface area contributed by atoms with E-state index in [-0.39, 0.29) is 0 Å². The summed E-state index contributed by atoms with van der Waals surface area (Å²) in [6.07, 6.45) is 4.41. The molecule has 1 aliphatic carbocycles. The molecule has 1 aromatic heterocycles. The van der Waals surface area contributed by atoms with Gasteiger partial charge in [-0.15, -0.1) is 0 Å². The van der Waals surface area contributed by atoms with E-state index < -0.39 is 0 Å². The SMILES string of the molecule is Brc1cnc2c(c1)N(C1CC1)CCO2. The quantitative estimate of drug-likeness (QED) is 0.769. The Balaban J connectivity index is 2.02.